The first-order valence-electron chi connectivity index (χ1n) is 7.09. The van der Waals surface area contributed by atoms with E-state index >= 15 is 0 Å². The maximum absolute atomic E-state index is 5.82. The molecule has 2 nitrogen and oxygen atoms in total. The summed E-state index contributed by atoms with van der Waals surface area (Å²) in [7, 11) is 2.07. The van der Waals surface area contributed by atoms with Crippen LogP contribution in [0.1, 0.15) is 30.9 Å². The average molecular weight is 247 g/mol. The minimum Gasteiger partial charge on any atom is -0.378 e. The molecule has 1 heterocycles. The summed E-state index contributed by atoms with van der Waals surface area (Å²) in [5.74, 6) is 0.653. The number of ether oxygens (including phenoxy) is 1. The minimum atomic E-state index is 0.437. The minimum absolute atomic E-state index is 0.437. The highest BCUT2D eigenvalue weighted by atomic mass is 16.5. The summed E-state index contributed by atoms with van der Waals surface area (Å²) in [5, 5.41) is 3.50. The molecule has 0 radical (unpaired) electrons. The van der Waals surface area contributed by atoms with Crippen LogP contribution in [0.15, 0.2) is 24.3 Å². The highest BCUT2D eigenvalue weighted by molar-refractivity contribution is 5.23. The summed E-state index contributed by atoms with van der Waals surface area (Å²) in [6, 6.07) is 9.36. The van der Waals surface area contributed by atoms with Crippen molar-refractivity contribution in [3.63, 3.8) is 0 Å². The Labute approximate surface area is 111 Å². The first-order chi connectivity index (χ1) is 8.74. The molecule has 1 aliphatic heterocycles. The van der Waals surface area contributed by atoms with Crippen LogP contribution in [-0.4, -0.2) is 25.8 Å². The molecule has 1 aromatic rings. The number of benzene rings is 1. The lowest BCUT2D eigenvalue weighted by molar-refractivity contribution is 0.0783. The Bertz CT molecular complexity index is 377. The fourth-order valence-electron chi connectivity index (χ4n) is 3.11. The Hall–Kier alpha value is -0.860. The van der Waals surface area contributed by atoms with Crippen LogP contribution in [0.5, 0.6) is 0 Å². The molecule has 1 aliphatic rings. The van der Waals surface area contributed by atoms with Gasteiger partial charge in [0.1, 0.15) is 0 Å². The SMILES string of the molecule is CCC1OCCC1C(Cc1cccc(C)c1)NC. The Morgan fingerprint density at radius 1 is 1.44 bits per heavy atom. The topological polar surface area (TPSA) is 21.3 Å². The average Bonchev–Trinajstić information content (AvgIpc) is 2.84. The van der Waals surface area contributed by atoms with Crippen LogP contribution in [0.25, 0.3) is 0 Å². The molecule has 100 valence electrons. The van der Waals surface area contributed by atoms with E-state index in [2.05, 4.69) is 50.5 Å². The van der Waals surface area contributed by atoms with Crippen molar-refractivity contribution in [2.45, 2.75) is 45.3 Å². The monoisotopic (exact) mass is 247 g/mol. The van der Waals surface area contributed by atoms with E-state index < -0.39 is 0 Å². The molecule has 1 N–H and O–H groups in total. The van der Waals surface area contributed by atoms with Crippen LogP contribution in [-0.2, 0) is 11.2 Å². The Morgan fingerprint density at radius 2 is 2.28 bits per heavy atom. The molecule has 0 spiro atoms. The van der Waals surface area contributed by atoms with E-state index in [0.29, 0.717) is 18.1 Å². The summed E-state index contributed by atoms with van der Waals surface area (Å²) in [4.78, 5) is 0. The lowest BCUT2D eigenvalue weighted by atomic mass is 9.87. The van der Waals surface area contributed by atoms with Gasteiger partial charge in [-0.3, -0.25) is 0 Å². The van der Waals surface area contributed by atoms with Crippen molar-refractivity contribution < 1.29 is 4.74 Å². The van der Waals surface area contributed by atoms with E-state index in [0.717, 1.165) is 19.4 Å². The summed E-state index contributed by atoms with van der Waals surface area (Å²) in [5.41, 5.74) is 2.77. The predicted molar refractivity (Wildman–Crippen MR) is 75.9 cm³/mol. The van der Waals surface area contributed by atoms with Gasteiger partial charge in [-0.15, -0.1) is 0 Å². The van der Waals surface area contributed by atoms with Crippen molar-refractivity contribution in [2.24, 2.45) is 5.92 Å². The molecule has 18 heavy (non-hydrogen) atoms. The van der Waals surface area contributed by atoms with E-state index in [9.17, 15) is 0 Å². The van der Waals surface area contributed by atoms with Gasteiger partial charge in [-0.1, -0.05) is 36.8 Å². The fourth-order valence-corrected chi connectivity index (χ4v) is 3.11. The van der Waals surface area contributed by atoms with Crippen molar-refractivity contribution in [3.05, 3.63) is 35.4 Å². The van der Waals surface area contributed by atoms with E-state index in [1.807, 2.05) is 0 Å². The van der Waals surface area contributed by atoms with Crippen molar-refractivity contribution in [1.82, 2.24) is 5.32 Å². The van der Waals surface area contributed by atoms with Gasteiger partial charge >= 0.3 is 0 Å². The molecule has 2 rings (SSSR count). The number of hydrogen-bond donors (Lipinski definition) is 1. The zero-order valence-electron chi connectivity index (χ0n) is 11.8. The molecule has 2 heteroatoms. The molecular formula is C16H25NO. The van der Waals surface area contributed by atoms with Crippen LogP contribution >= 0.6 is 0 Å². The normalized spacial score (nSPS) is 25.3. The van der Waals surface area contributed by atoms with Gasteiger partial charge in [0.25, 0.3) is 0 Å². The smallest absolute Gasteiger partial charge is 0.0616 e. The van der Waals surface area contributed by atoms with Gasteiger partial charge in [0.15, 0.2) is 0 Å². The zero-order valence-corrected chi connectivity index (χ0v) is 11.8. The summed E-state index contributed by atoms with van der Waals surface area (Å²) < 4.78 is 5.82. The highest BCUT2D eigenvalue weighted by Gasteiger charge is 2.32. The Balaban J connectivity index is 2.05. The van der Waals surface area contributed by atoms with Crippen molar-refractivity contribution in [3.8, 4) is 0 Å². The second kappa shape index (κ2) is 6.35. The van der Waals surface area contributed by atoms with Gasteiger partial charge < -0.3 is 10.1 Å². The van der Waals surface area contributed by atoms with E-state index in [1.54, 1.807) is 0 Å². The van der Waals surface area contributed by atoms with Crippen molar-refractivity contribution in [1.29, 1.82) is 0 Å². The molecule has 0 bridgehead atoms. The Morgan fingerprint density at radius 3 is 2.94 bits per heavy atom. The first kappa shape index (κ1) is 13.6. The molecule has 0 aliphatic carbocycles. The molecule has 1 fully saturated rings. The molecule has 0 aromatic heterocycles. The molecule has 1 saturated heterocycles. The predicted octanol–water partition coefficient (Wildman–Crippen LogP) is 2.94. The number of rotatable bonds is 5. The second-order valence-electron chi connectivity index (χ2n) is 5.36. The number of aryl methyl sites for hydroxylation is 1. The Kier molecular flexibility index (Phi) is 4.79. The maximum Gasteiger partial charge on any atom is 0.0616 e. The largest absolute Gasteiger partial charge is 0.378 e. The highest BCUT2D eigenvalue weighted by Crippen LogP contribution is 2.28. The third kappa shape index (κ3) is 3.12. The van der Waals surface area contributed by atoms with Gasteiger partial charge in [0, 0.05) is 18.6 Å². The van der Waals surface area contributed by atoms with Crippen LogP contribution < -0.4 is 5.32 Å². The quantitative estimate of drug-likeness (QED) is 0.864. The standard InChI is InChI=1S/C16H25NO/c1-4-16-14(8-9-18-16)15(17-3)11-13-7-5-6-12(2)10-13/h5-7,10,14-17H,4,8-9,11H2,1-3H3. The zero-order chi connectivity index (χ0) is 13.0. The van der Waals surface area contributed by atoms with Crippen LogP contribution in [0, 0.1) is 12.8 Å². The van der Waals surface area contributed by atoms with Crippen molar-refractivity contribution in [2.75, 3.05) is 13.7 Å². The fraction of sp³-hybridized carbons (Fsp3) is 0.625. The van der Waals surface area contributed by atoms with Crippen LogP contribution in [0.4, 0.5) is 0 Å². The van der Waals surface area contributed by atoms with E-state index in [-0.39, 0.29) is 0 Å². The van der Waals surface area contributed by atoms with Crippen LogP contribution in [0.2, 0.25) is 0 Å². The summed E-state index contributed by atoms with van der Waals surface area (Å²) >= 11 is 0. The third-order valence-electron chi connectivity index (χ3n) is 4.09. The first-order valence-corrected chi connectivity index (χ1v) is 7.09. The van der Waals surface area contributed by atoms with Crippen LogP contribution in [0.3, 0.4) is 0 Å². The van der Waals surface area contributed by atoms with E-state index in [1.165, 1.54) is 17.5 Å². The second-order valence-corrected chi connectivity index (χ2v) is 5.36. The molecule has 3 atom stereocenters. The summed E-state index contributed by atoms with van der Waals surface area (Å²) in [6.07, 6.45) is 3.85. The van der Waals surface area contributed by atoms with E-state index in [4.69, 9.17) is 4.74 Å². The lowest BCUT2D eigenvalue weighted by Gasteiger charge is -2.27. The molecule has 0 amide bonds. The molecular weight excluding hydrogens is 222 g/mol. The lowest BCUT2D eigenvalue weighted by Crippen LogP contribution is -2.39. The van der Waals surface area contributed by atoms with Crippen molar-refractivity contribution >= 4 is 0 Å². The molecule has 0 saturated carbocycles. The molecule has 3 unspecified atom stereocenters. The number of likely N-dealkylation sites (N-methyl/N-ethyl adjacent to an activating group) is 1. The maximum atomic E-state index is 5.82. The molecule has 1 aromatic carbocycles. The number of hydrogen-bond acceptors (Lipinski definition) is 2. The van der Waals surface area contributed by atoms with Gasteiger partial charge in [-0.2, -0.15) is 0 Å². The van der Waals surface area contributed by atoms with Gasteiger partial charge in [-0.25, -0.2) is 0 Å². The number of nitrogens with one attached hydrogen (secondary N) is 1. The van der Waals surface area contributed by atoms with Gasteiger partial charge in [0.05, 0.1) is 6.10 Å². The van der Waals surface area contributed by atoms with Gasteiger partial charge in [0.2, 0.25) is 0 Å². The van der Waals surface area contributed by atoms with Gasteiger partial charge in [-0.05, 0) is 38.8 Å². The third-order valence-corrected chi connectivity index (χ3v) is 4.09. The summed E-state index contributed by atoms with van der Waals surface area (Å²) in [6.45, 7) is 5.31.